The summed E-state index contributed by atoms with van der Waals surface area (Å²) in [4.78, 5) is 17.8. The maximum absolute atomic E-state index is 12.0. The average Bonchev–Trinajstić information content (AvgIpc) is 3.34. The first-order valence-corrected chi connectivity index (χ1v) is 7.85. The van der Waals surface area contributed by atoms with E-state index >= 15 is 0 Å². The van der Waals surface area contributed by atoms with Crippen LogP contribution in [-0.4, -0.2) is 51.0 Å². The Kier molecular flexibility index (Phi) is 5.81. The lowest BCUT2D eigenvalue weighted by Gasteiger charge is -2.13. The second kappa shape index (κ2) is 7.82. The van der Waals surface area contributed by atoms with E-state index in [0.717, 1.165) is 42.5 Å². The summed E-state index contributed by atoms with van der Waals surface area (Å²) in [5.74, 6) is 1.72. The van der Waals surface area contributed by atoms with Gasteiger partial charge in [-0.2, -0.15) is 0 Å². The van der Waals surface area contributed by atoms with Gasteiger partial charge in [-0.25, -0.2) is 0 Å². The molecule has 1 aromatic rings. The lowest BCUT2D eigenvalue weighted by atomic mass is 10.1. The van der Waals surface area contributed by atoms with Crippen LogP contribution in [0.5, 0.6) is 0 Å². The Hall–Kier alpha value is -2.04. The highest BCUT2D eigenvalue weighted by Gasteiger charge is 2.20. The van der Waals surface area contributed by atoms with Crippen molar-refractivity contribution < 1.29 is 4.79 Å². The molecule has 1 aromatic carbocycles. The van der Waals surface area contributed by atoms with Crippen LogP contribution in [0.15, 0.2) is 29.3 Å². The zero-order valence-electron chi connectivity index (χ0n) is 13.7. The van der Waals surface area contributed by atoms with E-state index < -0.39 is 0 Å². The van der Waals surface area contributed by atoms with Crippen LogP contribution in [0.1, 0.15) is 28.8 Å². The van der Waals surface area contributed by atoms with Crippen molar-refractivity contribution in [3.63, 3.8) is 0 Å². The van der Waals surface area contributed by atoms with Gasteiger partial charge in [0.05, 0.1) is 0 Å². The van der Waals surface area contributed by atoms with Crippen LogP contribution in [0.2, 0.25) is 0 Å². The molecular formula is C17H26N4O. The number of rotatable bonds is 6. The van der Waals surface area contributed by atoms with E-state index in [1.54, 1.807) is 26.0 Å². The van der Waals surface area contributed by atoms with Crippen molar-refractivity contribution in [2.24, 2.45) is 10.9 Å². The molecular weight excluding hydrogens is 276 g/mol. The van der Waals surface area contributed by atoms with Crippen molar-refractivity contribution in [1.29, 1.82) is 0 Å². The second-order valence-electron chi connectivity index (χ2n) is 5.97. The van der Waals surface area contributed by atoms with Crippen LogP contribution >= 0.6 is 0 Å². The Labute approximate surface area is 132 Å². The zero-order chi connectivity index (χ0) is 15.9. The fourth-order valence-electron chi connectivity index (χ4n) is 2.23. The number of benzene rings is 1. The van der Waals surface area contributed by atoms with Gasteiger partial charge in [-0.15, -0.1) is 0 Å². The van der Waals surface area contributed by atoms with Gasteiger partial charge in [-0.1, -0.05) is 12.1 Å². The van der Waals surface area contributed by atoms with E-state index in [4.69, 9.17) is 0 Å². The lowest BCUT2D eigenvalue weighted by molar-refractivity contribution is 0.0827. The van der Waals surface area contributed by atoms with Gasteiger partial charge in [0, 0.05) is 39.8 Å². The van der Waals surface area contributed by atoms with Crippen molar-refractivity contribution in [3.8, 4) is 0 Å². The van der Waals surface area contributed by atoms with Crippen LogP contribution in [0.4, 0.5) is 0 Å². The number of nitrogens with one attached hydrogen (secondary N) is 2. The SMILES string of the molecule is CN=C(NCCc1cccc(C(=O)N(C)C)c1)NCC1CC1. The van der Waals surface area contributed by atoms with E-state index in [0.29, 0.717) is 0 Å². The summed E-state index contributed by atoms with van der Waals surface area (Å²) in [5, 5.41) is 6.66. The van der Waals surface area contributed by atoms with Crippen molar-refractivity contribution in [2.75, 3.05) is 34.2 Å². The van der Waals surface area contributed by atoms with Crippen molar-refractivity contribution >= 4 is 11.9 Å². The molecule has 5 nitrogen and oxygen atoms in total. The molecule has 5 heteroatoms. The van der Waals surface area contributed by atoms with Gasteiger partial charge in [0.2, 0.25) is 0 Å². The molecule has 0 aliphatic heterocycles. The number of aliphatic imine (C=N–C) groups is 1. The van der Waals surface area contributed by atoms with Gasteiger partial charge in [-0.05, 0) is 42.9 Å². The third kappa shape index (κ3) is 5.06. The van der Waals surface area contributed by atoms with Crippen LogP contribution < -0.4 is 10.6 Å². The summed E-state index contributed by atoms with van der Waals surface area (Å²) < 4.78 is 0. The van der Waals surface area contributed by atoms with Crippen LogP contribution in [0.3, 0.4) is 0 Å². The van der Waals surface area contributed by atoms with Gasteiger partial charge in [-0.3, -0.25) is 9.79 Å². The first-order chi connectivity index (χ1) is 10.6. The van der Waals surface area contributed by atoms with Crippen molar-refractivity contribution in [1.82, 2.24) is 15.5 Å². The van der Waals surface area contributed by atoms with E-state index in [1.165, 1.54) is 12.8 Å². The lowest BCUT2D eigenvalue weighted by Crippen LogP contribution is -2.39. The predicted octanol–water partition coefficient (Wildman–Crippen LogP) is 1.51. The third-order valence-corrected chi connectivity index (χ3v) is 3.76. The van der Waals surface area contributed by atoms with Gasteiger partial charge >= 0.3 is 0 Å². The summed E-state index contributed by atoms with van der Waals surface area (Å²) in [7, 11) is 5.33. The molecule has 0 bridgehead atoms. The Bertz CT molecular complexity index is 535. The van der Waals surface area contributed by atoms with E-state index in [-0.39, 0.29) is 5.91 Å². The highest BCUT2D eigenvalue weighted by atomic mass is 16.2. The van der Waals surface area contributed by atoms with Gasteiger partial charge < -0.3 is 15.5 Å². The molecule has 0 heterocycles. The monoisotopic (exact) mass is 302 g/mol. The summed E-state index contributed by atoms with van der Waals surface area (Å²) in [6.45, 7) is 1.80. The maximum Gasteiger partial charge on any atom is 0.253 e. The first-order valence-electron chi connectivity index (χ1n) is 7.85. The maximum atomic E-state index is 12.0. The molecule has 0 spiro atoms. The van der Waals surface area contributed by atoms with Gasteiger partial charge in [0.1, 0.15) is 0 Å². The molecule has 2 rings (SSSR count). The Balaban J connectivity index is 1.80. The second-order valence-corrected chi connectivity index (χ2v) is 5.97. The summed E-state index contributed by atoms with van der Waals surface area (Å²) in [6, 6.07) is 7.81. The number of guanidine groups is 1. The average molecular weight is 302 g/mol. The molecule has 0 aromatic heterocycles. The number of carbonyl (C=O) groups is 1. The third-order valence-electron chi connectivity index (χ3n) is 3.76. The Morgan fingerprint density at radius 2 is 2.09 bits per heavy atom. The molecule has 22 heavy (non-hydrogen) atoms. The highest BCUT2D eigenvalue weighted by Crippen LogP contribution is 2.27. The molecule has 1 fully saturated rings. The number of carbonyl (C=O) groups excluding carboxylic acids is 1. The minimum Gasteiger partial charge on any atom is -0.356 e. The van der Waals surface area contributed by atoms with Crippen molar-refractivity contribution in [2.45, 2.75) is 19.3 Å². The topological polar surface area (TPSA) is 56.7 Å². The van der Waals surface area contributed by atoms with E-state index in [1.807, 2.05) is 18.2 Å². The predicted molar refractivity (Wildman–Crippen MR) is 90.3 cm³/mol. The van der Waals surface area contributed by atoms with Crippen LogP contribution in [0.25, 0.3) is 0 Å². The normalized spacial score (nSPS) is 14.6. The minimum absolute atomic E-state index is 0.0386. The summed E-state index contributed by atoms with van der Waals surface area (Å²) in [6.07, 6.45) is 3.52. The molecule has 0 unspecified atom stereocenters. The molecule has 1 aliphatic rings. The fraction of sp³-hybridized carbons (Fsp3) is 0.529. The first kappa shape index (κ1) is 16.3. The minimum atomic E-state index is 0.0386. The standard InChI is InChI=1S/C17H26N4O/c1-18-17(20-12-14-7-8-14)19-10-9-13-5-4-6-15(11-13)16(22)21(2)3/h4-6,11,14H,7-10,12H2,1-3H3,(H2,18,19,20). The largest absolute Gasteiger partial charge is 0.356 e. The van der Waals surface area contributed by atoms with E-state index in [9.17, 15) is 4.79 Å². The van der Waals surface area contributed by atoms with Crippen LogP contribution in [-0.2, 0) is 6.42 Å². The molecule has 0 atom stereocenters. The number of hydrogen-bond donors (Lipinski definition) is 2. The Morgan fingerprint density at radius 1 is 1.32 bits per heavy atom. The molecule has 1 aliphatic carbocycles. The zero-order valence-corrected chi connectivity index (χ0v) is 13.7. The van der Waals surface area contributed by atoms with Gasteiger partial charge in [0.15, 0.2) is 5.96 Å². The molecule has 120 valence electrons. The van der Waals surface area contributed by atoms with E-state index in [2.05, 4.69) is 21.7 Å². The van der Waals surface area contributed by atoms with Crippen molar-refractivity contribution in [3.05, 3.63) is 35.4 Å². The Morgan fingerprint density at radius 3 is 2.73 bits per heavy atom. The number of amides is 1. The smallest absolute Gasteiger partial charge is 0.253 e. The molecule has 0 radical (unpaired) electrons. The number of nitrogens with zero attached hydrogens (tertiary/aromatic N) is 2. The molecule has 1 amide bonds. The summed E-state index contributed by atoms with van der Waals surface area (Å²) in [5.41, 5.74) is 1.89. The molecule has 1 saturated carbocycles. The van der Waals surface area contributed by atoms with Crippen LogP contribution in [0, 0.1) is 5.92 Å². The quantitative estimate of drug-likeness (QED) is 0.618. The molecule has 2 N–H and O–H groups in total. The van der Waals surface area contributed by atoms with Gasteiger partial charge in [0.25, 0.3) is 5.91 Å². The summed E-state index contributed by atoms with van der Waals surface area (Å²) >= 11 is 0. The highest BCUT2D eigenvalue weighted by molar-refractivity contribution is 5.94. The number of hydrogen-bond acceptors (Lipinski definition) is 2. The molecule has 0 saturated heterocycles. The fourth-order valence-corrected chi connectivity index (χ4v) is 2.23.